The highest BCUT2D eigenvalue weighted by Crippen LogP contribution is 2.45. The number of rotatable bonds is 2. The van der Waals surface area contributed by atoms with Crippen LogP contribution in [-0.2, 0) is 0 Å². The van der Waals surface area contributed by atoms with Gasteiger partial charge in [0.15, 0.2) is 0 Å². The van der Waals surface area contributed by atoms with Crippen LogP contribution in [0.3, 0.4) is 0 Å². The second kappa shape index (κ2) is 3.25. The Hall–Kier alpha value is -0.0800. The van der Waals surface area contributed by atoms with Crippen molar-refractivity contribution in [1.82, 2.24) is 5.32 Å². The maximum absolute atomic E-state index is 9.35. The molecule has 2 nitrogen and oxygen atoms in total. The van der Waals surface area contributed by atoms with E-state index in [2.05, 4.69) is 19.2 Å². The van der Waals surface area contributed by atoms with Crippen LogP contribution in [0.25, 0.3) is 0 Å². The largest absolute Gasteiger partial charge is 0.393 e. The molecule has 0 bridgehead atoms. The highest BCUT2D eigenvalue weighted by Gasteiger charge is 2.46. The average Bonchev–Trinajstić information content (AvgIpc) is 2.64. The minimum absolute atomic E-state index is 0.0229. The Bertz CT molecular complexity index is 183. The van der Waals surface area contributed by atoms with Crippen molar-refractivity contribution in [2.75, 3.05) is 0 Å². The molecule has 1 atom stereocenters. The van der Waals surface area contributed by atoms with E-state index in [9.17, 15) is 5.11 Å². The van der Waals surface area contributed by atoms with Crippen LogP contribution in [0.4, 0.5) is 0 Å². The topological polar surface area (TPSA) is 32.3 Å². The highest BCUT2D eigenvalue weighted by atomic mass is 16.3. The third-order valence-electron chi connectivity index (χ3n) is 3.65. The summed E-state index contributed by atoms with van der Waals surface area (Å²) in [5.74, 6) is 0. The SMILES string of the molecule is CC1(C)CC1NC1CCC(O)CC1. The Morgan fingerprint density at radius 2 is 1.69 bits per heavy atom. The van der Waals surface area contributed by atoms with Crippen molar-refractivity contribution in [3.05, 3.63) is 0 Å². The van der Waals surface area contributed by atoms with Crippen molar-refractivity contribution in [2.24, 2.45) is 5.41 Å². The van der Waals surface area contributed by atoms with Gasteiger partial charge >= 0.3 is 0 Å². The van der Waals surface area contributed by atoms with E-state index in [0.29, 0.717) is 11.5 Å². The smallest absolute Gasteiger partial charge is 0.0541 e. The molecular weight excluding hydrogens is 162 g/mol. The Labute approximate surface area is 80.7 Å². The lowest BCUT2D eigenvalue weighted by Crippen LogP contribution is -2.37. The summed E-state index contributed by atoms with van der Waals surface area (Å²) in [5.41, 5.74) is 0.538. The summed E-state index contributed by atoms with van der Waals surface area (Å²) >= 11 is 0. The van der Waals surface area contributed by atoms with E-state index in [1.54, 1.807) is 0 Å². The molecule has 0 saturated heterocycles. The van der Waals surface area contributed by atoms with Gasteiger partial charge in [0.2, 0.25) is 0 Å². The number of hydrogen-bond acceptors (Lipinski definition) is 2. The van der Waals surface area contributed by atoms with Gasteiger partial charge in [0, 0.05) is 12.1 Å². The summed E-state index contributed by atoms with van der Waals surface area (Å²) in [5, 5.41) is 13.0. The van der Waals surface area contributed by atoms with Crippen LogP contribution in [-0.4, -0.2) is 23.3 Å². The first-order valence-electron chi connectivity index (χ1n) is 5.52. The van der Waals surface area contributed by atoms with Crippen molar-refractivity contribution in [1.29, 1.82) is 0 Å². The fraction of sp³-hybridized carbons (Fsp3) is 1.00. The molecule has 76 valence electrons. The molecule has 0 aromatic heterocycles. The van der Waals surface area contributed by atoms with E-state index in [-0.39, 0.29) is 6.10 Å². The number of nitrogens with one attached hydrogen (secondary N) is 1. The summed E-state index contributed by atoms with van der Waals surface area (Å²) in [4.78, 5) is 0. The van der Waals surface area contributed by atoms with Crippen LogP contribution in [0, 0.1) is 5.41 Å². The Kier molecular flexibility index (Phi) is 2.37. The molecule has 0 spiro atoms. The quantitative estimate of drug-likeness (QED) is 0.682. The Morgan fingerprint density at radius 1 is 1.15 bits per heavy atom. The van der Waals surface area contributed by atoms with E-state index < -0.39 is 0 Å². The van der Waals surface area contributed by atoms with Crippen LogP contribution >= 0.6 is 0 Å². The monoisotopic (exact) mass is 183 g/mol. The summed E-state index contributed by atoms with van der Waals surface area (Å²) in [6.45, 7) is 4.64. The van der Waals surface area contributed by atoms with Gasteiger partial charge in [0.05, 0.1) is 6.10 Å². The summed E-state index contributed by atoms with van der Waals surface area (Å²) in [6.07, 6.45) is 5.61. The van der Waals surface area contributed by atoms with Crippen LogP contribution in [0.15, 0.2) is 0 Å². The molecule has 2 fully saturated rings. The second-order valence-corrected chi connectivity index (χ2v) is 5.42. The zero-order chi connectivity index (χ0) is 9.47. The molecule has 13 heavy (non-hydrogen) atoms. The van der Waals surface area contributed by atoms with Gasteiger partial charge in [-0.3, -0.25) is 0 Å². The van der Waals surface area contributed by atoms with Crippen LogP contribution in [0.2, 0.25) is 0 Å². The molecule has 2 aliphatic carbocycles. The van der Waals surface area contributed by atoms with Gasteiger partial charge in [-0.25, -0.2) is 0 Å². The fourth-order valence-corrected chi connectivity index (χ4v) is 2.28. The molecule has 0 amide bonds. The van der Waals surface area contributed by atoms with Gasteiger partial charge in [-0.05, 0) is 37.5 Å². The number of aliphatic hydroxyl groups excluding tert-OH is 1. The molecule has 2 N–H and O–H groups in total. The molecule has 0 aromatic carbocycles. The first kappa shape index (κ1) is 9.47. The zero-order valence-corrected chi connectivity index (χ0v) is 8.71. The third-order valence-corrected chi connectivity index (χ3v) is 3.65. The third kappa shape index (κ3) is 2.23. The molecule has 2 rings (SSSR count). The van der Waals surface area contributed by atoms with Gasteiger partial charge < -0.3 is 10.4 Å². The van der Waals surface area contributed by atoms with Crippen LogP contribution < -0.4 is 5.32 Å². The molecule has 2 saturated carbocycles. The lowest BCUT2D eigenvalue weighted by molar-refractivity contribution is 0.115. The summed E-state index contributed by atoms with van der Waals surface area (Å²) in [7, 11) is 0. The zero-order valence-electron chi connectivity index (χ0n) is 8.71. The lowest BCUT2D eigenvalue weighted by atomic mass is 9.93. The average molecular weight is 183 g/mol. The van der Waals surface area contributed by atoms with Gasteiger partial charge in [0.1, 0.15) is 0 Å². The maximum atomic E-state index is 9.35. The summed E-state index contributed by atoms with van der Waals surface area (Å²) in [6, 6.07) is 1.42. The molecule has 2 aliphatic rings. The molecular formula is C11H21NO. The second-order valence-electron chi connectivity index (χ2n) is 5.42. The van der Waals surface area contributed by atoms with Gasteiger partial charge in [0.25, 0.3) is 0 Å². The summed E-state index contributed by atoms with van der Waals surface area (Å²) < 4.78 is 0. The molecule has 0 aromatic rings. The number of hydrogen-bond donors (Lipinski definition) is 2. The van der Waals surface area contributed by atoms with Crippen molar-refractivity contribution in [3.8, 4) is 0 Å². The Balaban J connectivity index is 1.72. The van der Waals surface area contributed by atoms with Gasteiger partial charge in [-0.1, -0.05) is 13.8 Å². The predicted octanol–water partition coefficient (Wildman–Crippen LogP) is 1.68. The maximum Gasteiger partial charge on any atom is 0.0541 e. The van der Waals surface area contributed by atoms with E-state index in [0.717, 1.165) is 31.7 Å². The van der Waals surface area contributed by atoms with E-state index >= 15 is 0 Å². The van der Waals surface area contributed by atoms with E-state index in [1.165, 1.54) is 6.42 Å². The first-order valence-corrected chi connectivity index (χ1v) is 5.52. The molecule has 2 heteroatoms. The van der Waals surface area contributed by atoms with Gasteiger partial charge in [-0.15, -0.1) is 0 Å². The van der Waals surface area contributed by atoms with Crippen molar-refractivity contribution in [3.63, 3.8) is 0 Å². The van der Waals surface area contributed by atoms with Crippen molar-refractivity contribution in [2.45, 2.75) is 64.1 Å². The number of aliphatic hydroxyl groups is 1. The van der Waals surface area contributed by atoms with Gasteiger partial charge in [-0.2, -0.15) is 0 Å². The standard InChI is InChI=1S/C11H21NO/c1-11(2)7-10(11)12-8-3-5-9(13)6-4-8/h8-10,12-13H,3-7H2,1-2H3. The van der Waals surface area contributed by atoms with E-state index in [4.69, 9.17) is 0 Å². The first-order chi connectivity index (χ1) is 6.08. The predicted molar refractivity (Wildman–Crippen MR) is 53.6 cm³/mol. The fourth-order valence-electron chi connectivity index (χ4n) is 2.28. The molecule has 0 radical (unpaired) electrons. The van der Waals surface area contributed by atoms with Crippen LogP contribution in [0.1, 0.15) is 46.0 Å². The van der Waals surface area contributed by atoms with Crippen molar-refractivity contribution >= 4 is 0 Å². The normalized spacial score (nSPS) is 43.2. The molecule has 0 heterocycles. The minimum atomic E-state index is -0.0229. The van der Waals surface area contributed by atoms with Crippen molar-refractivity contribution < 1.29 is 5.11 Å². The minimum Gasteiger partial charge on any atom is -0.393 e. The lowest BCUT2D eigenvalue weighted by Gasteiger charge is -2.26. The molecule has 0 aliphatic heterocycles. The molecule has 1 unspecified atom stereocenters. The van der Waals surface area contributed by atoms with Crippen LogP contribution in [0.5, 0.6) is 0 Å². The Morgan fingerprint density at radius 3 is 2.15 bits per heavy atom. The highest BCUT2D eigenvalue weighted by molar-refractivity contribution is 5.03. The van der Waals surface area contributed by atoms with E-state index in [1.807, 2.05) is 0 Å².